The highest BCUT2D eigenvalue weighted by Gasteiger charge is 2.27. The van der Waals surface area contributed by atoms with Gasteiger partial charge in [-0.15, -0.1) is 0 Å². The Labute approximate surface area is 121 Å². The first-order valence-corrected chi connectivity index (χ1v) is 7.68. The van der Waals surface area contributed by atoms with Crippen LogP contribution in [-0.2, 0) is 6.54 Å². The summed E-state index contributed by atoms with van der Waals surface area (Å²) < 4.78 is 19.2. The highest BCUT2D eigenvalue weighted by molar-refractivity contribution is 5.30. The van der Waals surface area contributed by atoms with Gasteiger partial charge in [0.2, 0.25) is 0 Å². The van der Waals surface area contributed by atoms with E-state index in [0.29, 0.717) is 35.7 Å². The molecule has 2 nitrogen and oxygen atoms in total. The van der Waals surface area contributed by atoms with Crippen LogP contribution in [0.25, 0.3) is 0 Å². The van der Waals surface area contributed by atoms with E-state index in [2.05, 4.69) is 19.2 Å². The third-order valence-electron chi connectivity index (χ3n) is 4.49. The van der Waals surface area contributed by atoms with Crippen LogP contribution < -0.4 is 10.1 Å². The highest BCUT2D eigenvalue weighted by Crippen LogP contribution is 2.30. The molecule has 0 radical (unpaired) electrons. The second-order valence-electron chi connectivity index (χ2n) is 6.11. The molecule has 0 heterocycles. The van der Waals surface area contributed by atoms with Gasteiger partial charge in [-0.1, -0.05) is 38.8 Å². The van der Waals surface area contributed by atoms with E-state index < -0.39 is 0 Å². The molecule has 0 bridgehead atoms. The van der Waals surface area contributed by atoms with Crippen molar-refractivity contribution in [3.05, 3.63) is 29.6 Å². The molecule has 1 aliphatic carbocycles. The lowest BCUT2D eigenvalue weighted by atomic mass is 9.78. The van der Waals surface area contributed by atoms with Crippen molar-refractivity contribution in [2.24, 2.45) is 11.8 Å². The number of ether oxygens (including phenoxy) is 1. The van der Waals surface area contributed by atoms with E-state index in [1.165, 1.54) is 32.8 Å². The van der Waals surface area contributed by atoms with Crippen LogP contribution in [0.1, 0.15) is 45.1 Å². The summed E-state index contributed by atoms with van der Waals surface area (Å²) in [6.45, 7) is 5.16. The van der Waals surface area contributed by atoms with Crippen LogP contribution in [0.4, 0.5) is 4.39 Å². The van der Waals surface area contributed by atoms with Crippen LogP contribution >= 0.6 is 0 Å². The molecule has 1 saturated carbocycles. The largest absolute Gasteiger partial charge is 0.494 e. The zero-order chi connectivity index (χ0) is 14.5. The molecule has 1 fully saturated rings. The van der Waals surface area contributed by atoms with E-state index in [1.807, 2.05) is 12.1 Å². The summed E-state index contributed by atoms with van der Waals surface area (Å²) in [6, 6.07) is 5.85. The third-order valence-corrected chi connectivity index (χ3v) is 4.49. The van der Waals surface area contributed by atoms with Gasteiger partial charge in [0.1, 0.15) is 0 Å². The van der Waals surface area contributed by atoms with E-state index in [1.54, 1.807) is 6.07 Å². The standard InChI is InChI=1S/C17H26FNO/c1-12(2)14-8-4-5-9-15(14)19-11-13-7-6-10-16(20-3)17(13)18/h6-7,10,12,14-15,19H,4-5,8-9,11H2,1-3H3. The van der Waals surface area contributed by atoms with Crippen molar-refractivity contribution < 1.29 is 9.13 Å². The smallest absolute Gasteiger partial charge is 0.169 e. The van der Waals surface area contributed by atoms with E-state index in [0.717, 1.165) is 0 Å². The molecule has 0 saturated heterocycles. The Balaban J connectivity index is 2.00. The average Bonchev–Trinajstić information content (AvgIpc) is 2.46. The van der Waals surface area contributed by atoms with E-state index >= 15 is 0 Å². The van der Waals surface area contributed by atoms with Crippen LogP contribution in [0.2, 0.25) is 0 Å². The van der Waals surface area contributed by atoms with Gasteiger partial charge in [0.05, 0.1) is 7.11 Å². The quantitative estimate of drug-likeness (QED) is 0.874. The predicted molar refractivity (Wildman–Crippen MR) is 80.4 cm³/mol. The summed E-state index contributed by atoms with van der Waals surface area (Å²) in [6.07, 6.45) is 5.10. The maximum Gasteiger partial charge on any atom is 0.169 e. The Hall–Kier alpha value is -1.09. The van der Waals surface area contributed by atoms with Gasteiger partial charge >= 0.3 is 0 Å². The van der Waals surface area contributed by atoms with Gasteiger partial charge in [-0.3, -0.25) is 0 Å². The van der Waals surface area contributed by atoms with E-state index in [9.17, 15) is 4.39 Å². The summed E-state index contributed by atoms with van der Waals surface area (Å²) in [5, 5.41) is 3.57. The zero-order valence-electron chi connectivity index (χ0n) is 12.8. The van der Waals surface area contributed by atoms with E-state index in [-0.39, 0.29) is 5.82 Å². The second-order valence-corrected chi connectivity index (χ2v) is 6.11. The van der Waals surface area contributed by atoms with Crippen molar-refractivity contribution in [2.75, 3.05) is 7.11 Å². The monoisotopic (exact) mass is 279 g/mol. The fraction of sp³-hybridized carbons (Fsp3) is 0.647. The second kappa shape index (κ2) is 7.07. The highest BCUT2D eigenvalue weighted by atomic mass is 19.1. The summed E-state index contributed by atoms with van der Waals surface area (Å²) >= 11 is 0. The molecule has 1 N–H and O–H groups in total. The van der Waals surface area contributed by atoms with Gasteiger partial charge in [-0.2, -0.15) is 0 Å². The van der Waals surface area contributed by atoms with Gasteiger partial charge in [-0.25, -0.2) is 4.39 Å². The summed E-state index contributed by atoms with van der Waals surface area (Å²) in [5.41, 5.74) is 0.692. The molecule has 2 rings (SSSR count). The lowest BCUT2D eigenvalue weighted by Crippen LogP contribution is -2.40. The molecule has 0 aromatic heterocycles. The molecular weight excluding hydrogens is 253 g/mol. The fourth-order valence-corrected chi connectivity index (χ4v) is 3.30. The molecule has 1 aromatic rings. The van der Waals surface area contributed by atoms with Gasteiger partial charge in [-0.05, 0) is 30.7 Å². The van der Waals surface area contributed by atoms with Crippen molar-refractivity contribution in [1.82, 2.24) is 5.32 Å². The summed E-state index contributed by atoms with van der Waals surface area (Å²) in [7, 11) is 1.51. The third kappa shape index (κ3) is 3.51. The van der Waals surface area contributed by atoms with E-state index in [4.69, 9.17) is 4.74 Å². The Morgan fingerprint density at radius 1 is 1.30 bits per heavy atom. The molecule has 20 heavy (non-hydrogen) atoms. The normalized spacial score (nSPS) is 23.1. The minimum atomic E-state index is -0.237. The molecule has 2 atom stereocenters. The van der Waals surface area contributed by atoms with Crippen LogP contribution in [0.3, 0.4) is 0 Å². The number of rotatable bonds is 5. The number of methoxy groups -OCH3 is 1. The number of hydrogen-bond acceptors (Lipinski definition) is 2. The average molecular weight is 279 g/mol. The minimum absolute atomic E-state index is 0.237. The van der Waals surface area contributed by atoms with Crippen LogP contribution in [0.5, 0.6) is 5.75 Å². The SMILES string of the molecule is COc1cccc(CNC2CCCCC2C(C)C)c1F. The summed E-state index contributed by atoms with van der Waals surface area (Å²) in [5.74, 6) is 1.48. The Morgan fingerprint density at radius 2 is 2.05 bits per heavy atom. The lowest BCUT2D eigenvalue weighted by Gasteiger charge is -2.35. The van der Waals surface area contributed by atoms with Crippen LogP contribution in [0, 0.1) is 17.7 Å². The van der Waals surface area contributed by atoms with Crippen molar-refractivity contribution in [2.45, 2.75) is 52.1 Å². The summed E-state index contributed by atoms with van der Waals surface area (Å²) in [4.78, 5) is 0. The minimum Gasteiger partial charge on any atom is -0.494 e. The molecule has 112 valence electrons. The van der Waals surface area contributed by atoms with Gasteiger partial charge in [0.25, 0.3) is 0 Å². The molecule has 0 aliphatic heterocycles. The fourth-order valence-electron chi connectivity index (χ4n) is 3.30. The molecule has 0 amide bonds. The van der Waals surface area contributed by atoms with Gasteiger partial charge in [0, 0.05) is 18.2 Å². The van der Waals surface area contributed by atoms with Crippen molar-refractivity contribution in [3.63, 3.8) is 0 Å². The molecular formula is C17H26FNO. The molecule has 1 aromatic carbocycles. The number of hydrogen-bond donors (Lipinski definition) is 1. The van der Waals surface area contributed by atoms with Crippen molar-refractivity contribution in [1.29, 1.82) is 0 Å². The van der Waals surface area contributed by atoms with Crippen LogP contribution in [-0.4, -0.2) is 13.2 Å². The zero-order valence-corrected chi connectivity index (χ0v) is 12.8. The van der Waals surface area contributed by atoms with Gasteiger partial charge < -0.3 is 10.1 Å². The Bertz CT molecular complexity index is 433. The molecule has 3 heteroatoms. The number of halogens is 1. The Morgan fingerprint density at radius 3 is 2.75 bits per heavy atom. The van der Waals surface area contributed by atoms with Crippen molar-refractivity contribution >= 4 is 0 Å². The first-order valence-electron chi connectivity index (χ1n) is 7.68. The first kappa shape index (κ1) is 15.3. The molecule has 0 spiro atoms. The lowest BCUT2D eigenvalue weighted by molar-refractivity contribution is 0.204. The molecule has 2 unspecified atom stereocenters. The number of benzene rings is 1. The van der Waals surface area contributed by atoms with Gasteiger partial charge in [0.15, 0.2) is 11.6 Å². The van der Waals surface area contributed by atoms with Crippen LogP contribution in [0.15, 0.2) is 18.2 Å². The van der Waals surface area contributed by atoms with Crippen molar-refractivity contribution in [3.8, 4) is 5.75 Å². The maximum absolute atomic E-state index is 14.1. The molecule has 1 aliphatic rings. The predicted octanol–water partition coefficient (Wildman–Crippen LogP) is 4.14. The topological polar surface area (TPSA) is 21.3 Å². The Kier molecular flexibility index (Phi) is 5.41. The first-order chi connectivity index (χ1) is 9.63. The maximum atomic E-state index is 14.1. The number of nitrogens with one attached hydrogen (secondary N) is 1.